The molecule has 0 spiro atoms. The van der Waals surface area contributed by atoms with E-state index in [0.29, 0.717) is 13.2 Å². The van der Waals surface area contributed by atoms with E-state index in [-0.39, 0.29) is 24.7 Å². The molecule has 1 aromatic rings. The normalized spacial score (nSPS) is 24.9. The lowest BCUT2D eigenvalue weighted by Crippen LogP contribution is -2.54. The molecule has 112 valence electrons. The van der Waals surface area contributed by atoms with E-state index in [2.05, 4.69) is 11.8 Å². The molecule has 3 rings (SSSR count). The summed E-state index contributed by atoms with van der Waals surface area (Å²) in [6.07, 6.45) is 4.69. The topological polar surface area (TPSA) is 49.8 Å². The van der Waals surface area contributed by atoms with Gasteiger partial charge in [-0.15, -0.1) is 11.3 Å². The van der Waals surface area contributed by atoms with Crippen molar-refractivity contribution in [2.24, 2.45) is 0 Å². The first-order valence-electron chi connectivity index (χ1n) is 7.42. The Bertz CT molecular complexity index is 570. The van der Waals surface area contributed by atoms with Crippen LogP contribution in [0.25, 0.3) is 0 Å². The number of hydrogen-bond donors (Lipinski definition) is 1. The van der Waals surface area contributed by atoms with Gasteiger partial charge in [0, 0.05) is 6.54 Å². The average Bonchev–Trinajstić information content (AvgIpc) is 3.00. The van der Waals surface area contributed by atoms with Gasteiger partial charge >= 0.3 is 0 Å². The number of rotatable bonds is 1. The third-order valence-electron chi connectivity index (χ3n) is 4.10. The zero-order valence-corrected chi connectivity index (χ0v) is 12.7. The maximum Gasteiger partial charge on any atom is 0.264 e. The summed E-state index contributed by atoms with van der Waals surface area (Å²) in [4.78, 5) is 16.3. The van der Waals surface area contributed by atoms with E-state index in [9.17, 15) is 4.79 Å². The predicted molar refractivity (Wildman–Crippen MR) is 81.3 cm³/mol. The van der Waals surface area contributed by atoms with Crippen LogP contribution in [0.3, 0.4) is 0 Å². The van der Waals surface area contributed by atoms with Gasteiger partial charge in [-0.25, -0.2) is 0 Å². The number of hydrogen-bond acceptors (Lipinski definition) is 4. The third kappa shape index (κ3) is 3.13. The second-order valence-corrected chi connectivity index (χ2v) is 6.47. The van der Waals surface area contributed by atoms with E-state index < -0.39 is 0 Å². The number of thiophene rings is 1. The number of carbonyl (C=O) groups is 1. The molecular weight excluding hydrogens is 286 g/mol. The molecular formula is C16H19NO3S. The Labute approximate surface area is 128 Å². The highest BCUT2D eigenvalue weighted by Gasteiger charge is 2.37. The summed E-state index contributed by atoms with van der Waals surface area (Å²) in [6.45, 7) is 1.15. The van der Waals surface area contributed by atoms with Crippen molar-refractivity contribution in [2.45, 2.75) is 37.8 Å². The summed E-state index contributed by atoms with van der Waals surface area (Å²) in [7, 11) is 0. The van der Waals surface area contributed by atoms with Crippen molar-refractivity contribution in [3.63, 3.8) is 0 Å². The van der Waals surface area contributed by atoms with E-state index in [0.717, 1.165) is 22.6 Å². The number of fused-ring (bicyclic) bond motifs is 1. The fourth-order valence-electron chi connectivity index (χ4n) is 3.14. The molecule has 4 nitrogen and oxygen atoms in total. The van der Waals surface area contributed by atoms with Crippen molar-refractivity contribution < 1.29 is 14.6 Å². The lowest BCUT2D eigenvalue weighted by atomic mass is 9.90. The van der Waals surface area contributed by atoms with Gasteiger partial charge in [0.15, 0.2) is 0 Å². The van der Waals surface area contributed by atoms with Gasteiger partial charge < -0.3 is 14.7 Å². The van der Waals surface area contributed by atoms with Crippen LogP contribution < -0.4 is 0 Å². The maximum absolute atomic E-state index is 12.7. The minimum Gasteiger partial charge on any atom is -0.384 e. The molecule has 2 fully saturated rings. The molecule has 2 unspecified atom stereocenters. The fraction of sp³-hybridized carbons (Fsp3) is 0.562. The van der Waals surface area contributed by atoms with Crippen molar-refractivity contribution in [3.05, 3.63) is 21.9 Å². The number of carbonyl (C=O) groups excluding carboxylic acids is 1. The van der Waals surface area contributed by atoms with Crippen LogP contribution in [0.5, 0.6) is 0 Å². The molecule has 1 aliphatic heterocycles. The van der Waals surface area contributed by atoms with Crippen LogP contribution in [-0.4, -0.2) is 47.8 Å². The molecule has 1 aliphatic carbocycles. The monoisotopic (exact) mass is 305 g/mol. The van der Waals surface area contributed by atoms with Crippen LogP contribution in [0.2, 0.25) is 0 Å². The van der Waals surface area contributed by atoms with Crippen LogP contribution in [-0.2, 0) is 4.74 Å². The molecule has 0 bridgehead atoms. The number of ether oxygens (including phenoxy) is 1. The average molecular weight is 305 g/mol. The third-order valence-corrected chi connectivity index (χ3v) is 5.09. The summed E-state index contributed by atoms with van der Waals surface area (Å²) in [5.74, 6) is 5.56. The molecule has 5 heteroatoms. The number of morpholine rings is 1. The molecule has 2 atom stereocenters. The SMILES string of the molecule is O=C(c1ccc(C#CCO)s1)N1CCOC2CCCCC21. The largest absolute Gasteiger partial charge is 0.384 e. The lowest BCUT2D eigenvalue weighted by molar-refractivity contribution is -0.0751. The number of nitrogens with zero attached hydrogens (tertiary/aromatic N) is 1. The van der Waals surface area contributed by atoms with Gasteiger partial charge in [-0.1, -0.05) is 24.7 Å². The van der Waals surface area contributed by atoms with Crippen LogP contribution >= 0.6 is 11.3 Å². The van der Waals surface area contributed by atoms with Gasteiger partial charge in [0.2, 0.25) is 0 Å². The van der Waals surface area contributed by atoms with Gasteiger partial charge in [-0.3, -0.25) is 4.79 Å². The number of amides is 1. The Balaban J connectivity index is 1.75. The van der Waals surface area contributed by atoms with Crippen LogP contribution in [0.15, 0.2) is 12.1 Å². The van der Waals surface area contributed by atoms with Gasteiger partial charge in [0.1, 0.15) is 6.61 Å². The molecule has 21 heavy (non-hydrogen) atoms. The Kier molecular flexibility index (Phi) is 4.59. The molecule has 1 N–H and O–H groups in total. The first-order chi connectivity index (χ1) is 10.3. The minimum absolute atomic E-state index is 0.0947. The highest BCUT2D eigenvalue weighted by atomic mass is 32.1. The second kappa shape index (κ2) is 6.61. The maximum atomic E-state index is 12.7. The van der Waals surface area contributed by atoms with E-state index in [4.69, 9.17) is 9.84 Å². The predicted octanol–water partition coefficient (Wildman–Crippen LogP) is 1.88. The molecule has 2 aliphatic rings. The van der Waals surface area contributed by atoms with Crippen molar-refractivity contribution >= 4 is 17.2 Å². The summed E-state index contributed by atoms with van der Waals surface area (Å²) < 4.78 is 5.82. The highest BCUT2D eigenvalue weighted by molar-refractivity contribution is 7.14. The quantitative estimate of drug-likeness (QED) is 0.806. The standard InChI is InChI=1S/C16H19NO3S/c18-10-3-4-12-7-8-15(21-12)16(19)17-9-11-20-14-6-2-1-5-13(14)17/h7-8,13-14,18H,1-2,5-6,9-11H2. The minimum atomic E-state index is -0.158. The lowest BCUT2D eigenvalue weighted by Gasteiger charge is -2.43. The Morgan fingerprint density at radius 3 is 3.14 bits per heavy atom. The van der Waals surface area contributed by atoms with Crippen molar-refractivity contribution in [3.8, 4) is 11.8 Å². The Hall–Kier alpha value is -1.35. The van der Waals surface area contributed by atoms with E-state index in [1.165, 1.54) is 24.2 Å². The molecule has 0 radical (unpaired) electrons. The zero-order chi connectivity index (χ0) is 14.7. The van der Waals surface area contributed by atoms with E-state index in [1.807, 2.05) is 17.0 Å². The number of aliphatic hydroxyl groups excluding tert-OH is 1. The molecule has 1 aromatic heterocycles. The van der Waals surface area contributed by atoms with Crippen LogP contribution in [0.1, 0.15) is 40.2 Å². The smallest absolute Gasteiger partial charge is 0.264 e. The van der Waals surface area contributed by atoms with Gasteiger partial charge in [0.25, 0.3) is 5.91 Å². The summed E-state index contributed by atoms with van der Waals surface area (Å²) in [5, 5.41) is 8.72. The summed E-state index contributed by atoms with van der Waals surface area (Å²) in [6, 6.07) is 3.91. The fourth-order valence-corrected chi connectivity index (χ4v) is 3.97. The second-order valence-electron chi connectivity index (χ2n) is 5.38. The van der Waals surface area contributed by atoms with Crippen LogP contribution in [0, 0.1) is 11.8 Å². The molecule has 1 amide bonds. The first-order valence-corrected chi connectivity index (χ1v) is 8.23. The van der Waals surface area contributed by atoms with Gasteiger partial charge in [0.05, 0.1) is 28.5 Å². The summed E-state index contributed by atoms with van der Waals surface area (Å²) in [5.41, 5.74) is 0. The first kappa shape index (κ1) is 14.6. The molecule has 1 saturated carbocycles. The summed E-state index contributed by atoms with van der Waals surface area (Å²) >= 11 is 1.40. The van der Waals surface area contributed by atoms with Gasteiger partial charge in [-0.05, 0) is 25.0 Å². The van der Waals surface area contributed by atoms with Crippen LogP contribution in [0.4, 0.5) is 0 Å². The van der Waals surface area contributed by atoms with E-state index >= 15 is 0 Å². The zero-order valence-electron chi connectivity index (χ0n) is 11.9. The Morgan fingerprint density at radius 1 is 1.43 bits per heavy atom. The number of aliphatic hydroxyl groups is 1. The molecule has 0 aromatic carbocycles. The van der Waals surface area contributed by atoms with Crippen molar-refractivity contribution in [2.75, 3.05) is 19.8 Å². The molecule has 1 saturated heterocycles. The van der Waals surface area contributed by atoms with Crippen molar-refractivity contribution in [1.82, 2.24) is 4.90 Å². The van der Waals surface area contributed by atoms with E-state index in [1.54, 1.807) is 0 Å². The Morgan fingerprint density at radius 2 is 2.29 bits per heavy atom. The van der Waals surface area contributed by atoms with Gasteiger partial charge in [-0.2, -0.15) is 0 Å². The molecule has 2 heterocycles. The highest BCUT2D eigenvalue weighted by Crippen LogP contribution is 2.30. The van der Waals surface area contributed by atoms with Crippen molar-refractivity contribution in [1.29, 1.82) is 0 Å².